The number of piperidine rings is 1. The number of phenolic OH excluding ortho intramolecular Hbond substituents is 1. The number of amides is 1. The van der Waals surface area contributed by atoms with Crippen LogP contribution in [0.25, 0.3) is 0 Å². The number of likely N-dealkylation sites (tertiary alicyclic amines) is 1. The van der Waals surface area contributed by atoms with Gasteiger partial charge in [-0.25, -0.2) is 0 Å². The van der Waals surface area contributed by atoms with Gasteiger partial charge in [0.05, 0.1) is 5.56 Å². The van der Waals surface area contributed by atoms with Crippen LogP contribution in [-0.4, -0.2) is 40.0 Å². The van der Waals surface area contributed by atoms with Crippen molar-refractivity contribution in [1.29, 1.82) is 0 Å². The summed E-state index contributed by atoms with van der Waals surface area (Å²) in [5.74, 6) is -0.222. The Bertz CT molecular complexity index is 542. The van der Waals surface area contributed by atoms with E-state index in [-0.39, 0.29) is 29.0 Å². The lowest BCUT2D eigenvalue weighted by Crippen LogP contribution is -2.44. The van der Waals surface area contributed by atoms with Gasteiger partial charge in [0.25, 0.3) is 5.91 Å². The van der Waals surface area contributed by atoms with Gasteiger partial charge >= 0.3 is 0 Å². The van der Waals surface area contributed by atoms with Crippen molar-refractivity contribution in [2.45, 2.75) is 19.8 Å². The SMILES string of the molecule is Cc1ccc(C(=O)N2CCCC(C(N)=NO)C2)c(O)c1. The third-order valence-electron chi connectivity index (χ3n) is 3.63. The summed E-state index contributed by atoms with van der Waals surface area (Å²) in [7, 11) is 0. The van der Waals surface area contributed by atoms with Crippen molar-refractivity contribution in [3.05, 3.63) is 29.3 Å². The molecule has 0 aromatic heterocycles. The molecular weight excluding hydrogens is 258 g/mol. The first kappa shape index (κ1) is 14.2. The molecule has 2 rings (SSSR count). The topological polar surface area (TPSA) is 99.2 Å². The van der Waals surface area contributed by atoms with Crippen LogP contribution in [0, 0.1) is 12.8 Å². The highest BCUT2D eigenvalue weighted by molar-refractivity contribution is 5.97. The van der Waals surface area contributed by atoms with Crippen LogP contribution in [0.1, 0.15) is 28.8 Å². The maximum Gasteiger partial charge on any atom is 0.257 e. The number of phenols is 1. The van der Waals surface area contributed by atoms with Crippen LogP contribution in [0.4, 0.5) is 0 Å². The molecule has 0 bridgehead atoms. The van der Waals surface area contributed by atoms with E-state index in [0.717, 1.165) is 18.4 Å². The summed E-state index contributed by atoms with van der Waals surface area (Å²) in [5.41, 5.74) is 6.79. The molecule has 108 valence electrons. The lowest BCUT2D eigenvalue weighted by Gasteiger charge is -2.32. The Kier molecular flexibility index (Phi) is 4.12. The summed E-state index contributed by atoms with van der Waals surface area (Å²) < 4.78 is 0. The van der Waals surface area contributed by atoms with E-state index in [2.05, 4.69) is 5.16 Å². The second kappa shape index (κ2) is 5.81. The fraction of sp³-hybridized carbons (Fsp3) is 0.429. The molecule has 0 spiro atoms. The van der Waals surface area contributed by atoms with Crippen LogP contribution in [0.15, 0.2) is 23.4 Å². The molecule has 1 aromatic carbocycles. The predicted molar refractivity (Wildman–Crippen MR) is 74.9 cm³/mol. The fourth-order valence-electron chi connectivity index (χ4n) is 2.48. The Morgan fingerprint density at radius 3 is 2.90 bits per heavy atom. The predicted octanol–water partition coefficient (Wildman–Crippen LogP) is 1.30. The highest BCUT2D eigenvalue weighted by Gasteiger charge is 2.28. The summed E-state index contributed by atoms with van der Waals surface area (Å²) >= 11 is 0. The van der Waals surface area contributed by atoms with Crippen molar-refractivity contribution in [3.8, 4) is 5.75 Å². The van der Waals surface area contributed by atoms with Gasteiger partial charge in [-0.1, -0.05) is 11.2 Å². The zero-order valence-corrected chi connectivity index (χ0v) is 11.4. The van der Waals surface area contributed by atoms with Crippen molar-refractivity contribution in [2.75, 3.05) is 13.1 Å². The van der Waals surface area contributed by atoms with Crippen molar-refractivity contribution in [3.63, 3.8) is 0 Å². The zero-order chi connectivity index (χ0) is 14.7. The van der Waals surface area contributed by atoms with Crippen LogP contribution >= 0.6 is 0 Å². The standard InChI is InChI=1S/C14H19N3O3/c1-9-4-5-11(12(18)7-9)14(19)17-6-2-3-10(8-17)13(15)16-20/h4-5,7,10,18,20H,2-3,6,8H2,1H3,(H2,15,16). The molecule has 1 saturated heterocycles. The normalized spacial score (nSPS) is 19.9. The molecule has 1 atom stereocenters. The number of aromatic hydroxyl groups is 1. The van der Waals surface area contributed by atoms with E-state index in [0.29, 0.717) is 13.1 Å². The van der Waals surface area contributed by atoms with E-state index in [9.17, 15) is 9.90 Å². The first-order chi connectivity index (χ1) is 9.52. The Labute approximate surface area is 117 Å². The van der Waals surface area contributed by atoms with Gasteiger partial charge in [-0.2, -0.15) is 0 Å². The molecule has 1 fully saturated rings. The Morgan fingerprint density at radius 2 is 2.25 bits per heavy atom. The van der Waals surface area contributed by atoms with Crippen LogP contribution in [0.2, 0.25) is 0 Å². The van der Waals surface area contributed by atoms with Gasteiger partial charge in [-0.3, -0.25) is 4.79 Å². The number of oxime groups is 1. The van der Waals surface area contributed by atoms with E-state index in [1.54, 1.807) is 23.1 Å². The number of amidine groups is 1. The maximum atomic E-state index is 12.4. The van der Waals surface area contributed by atoms with E-state index >= 15 is 0 Å². The minimum atomic E-state index is -0.224. The highest BCUT2D eigenvalue weighted by Crippen LogP contribution is 2.24. The lowest BCUT2D eigenvalue weighted by atomic mass is 9.96. The molecule has 6 heteroatoms. The molecule has 0 aliphatic carbocycles. The summed E-state index contributed by atoms with van der Waals surface area (Å²) in [6.07, 6.45) is 1.58. The number of benzene rings is 1. The van der Waals surface area contributed by atoms with E-state index in [4.69, 9.17) is 10.9 Å². The average molecular weight is 277 g/mol. The molecule has 1 heterocycles. The first-order valence-corrected chi connectivity index (χ1v) is 6.59. The summed E-state index contributed by atoms with van der Waals surface area (Å²) in [5, 5.41) is 21.6. The van der Waals surface area contributed by atoms with Gasteiger partial charge in [-0.05, 0) is 37.5 Å². The highest BCUT2D eigenvalue weighted by atomic mass is 16.4. The van der Waals surface area contributed by atoms with Crippen LogP contribution in [-0.2, 0) is 0 Å². The van der Waals surface area contributed by atoms with Gasteiger partial charge in [0.15, 0.2) is 0 Å². The largest absolute Gasteiger partial charge is 0.507 e. The molecule has 0 saturated carbocycles. The minimum absolute atomic E-state index is 0.0130. The quantitative estimate of drug-likeness (QED) is 0.328. The van der Waals surface area contributed by atoms with Crippen molar-refractivity contribution < 1.29 is 15.1 Å². The molecule has 1 aliphatic rings. The summed E-state index contributed by atoms with van der Waals surface area (Å²) in [6.45, 7) is 2.87. The number of hydrogen-bond acceptors (Lipinski definition) is 4. The molecule has 1 unspecified atom stereocenters. The Hall–Kier alpha value is -2.24. The van der Waals surface area contributed by atoms with E-state index in [1.807, 2.05) is 6.92 Å². The second-order valence-corrected chi connectivity index (χ2v) is 5.14. The number of nitrogens with two attached hydrogens (primary N) is 1. The Morgan fingerprint density at radius 1 is 1.50 bits per heavy atom. The van der Waals surface area contributed by atoms with Gasteiger partial charge in [0.1, 0.15) is 11.6 Å². The van der Waals surface area contributed by atoms with Crippen LogP contribution < -0.4 is 5.73 Å². The number of carbonyl (C=O) groups excluding carboxylic acids is 1. The summed E-state index contributed by atoms with van der Waals surface area (Å²) in [4.78, 5) is 14.0. The average Bonchev–Trinajstić information content (AvgIpc) is 2.46. The third kappa shape index (κ3) is 2.84. The molecule has 0 radical (unpaired) electrons. The van der Waals surface area contributed by atoms with Crippen LogP contribution in [0.5, 0.6) is 5.75 Å². The van der Waals surface area contributed by atoms with Crippen LogP contribution in [0.3, 0.4) is 0 Å². The second-order valence-electron chi connectivity index (χ2n) is 5.14. The molecule has 6 nitrogen and oxygen atoms in total. The van der Waals surface area contributed by atoms with Crippen molar-refractivity contribution >= 4 is 11.7 Å². The summed E-state index contributed by atoms with van der Waals surface area (Å²) in [6, 6.07) is 4.98. The minimum Gasteiger partial charge on any atom is -0.507 e. The van der Waals surface area contributed by atoms with Gasteiger partial charge < -0.3 is 20.9 Å². The molecule has 4 N–H and O–H groups in total. The number of carbonyl (C=O) groups is 1. The smallest absolute Gasteiger partial charge is 0.257 e. The van der Waals surface area contributed by atoms with Gasteiger partial charge in [0.2, 0.25) is 0 Å². The molecular formula is C14H19N3O3. The monoisotopic (exact) mass is 277 g/mol. The lowest BCUT2D eigenvalue weighted by molar-refractivity contribution is 0.0698. The first-order valence-electron chi connectivity index (χ1n) is 6.59. The van der Waals surface area contributed by atoms with Crippen molar-refractivity contribution in [1.82, 2.24) is 4.90 Å². The Balaban J connectivity index is 2.16. The number of aryl methyl sites for hydroxylation is 1. The number of hydrogen-bond donors (Lipinski definition) is 3. The number of nitrogens with zero attached hydrogens (tertiary/aromatic N) is 2. The third-order valence-corrected chi connectivity index (χ3v) is 3.63. The number of rotatable bonds is 2. The van der Waals surface area contributed by atoms with E-state index < -0.39 is 0 Å². The van der Waals surface area contributed by atoms with E-state index in [1.165, 1.54) is 0 Å². The molecule has 1 aliphatic heterocycles. The molecule has 20 heavy (non-hydrogen) atoms. The van der Waals surface area contributed by atoms with Gasteiger partial charge in [-0.15, -0.1) is 0 Å². The molecule has 1 aromatic rings. The van der Waals surface area contributed by atoms with Crippen molar-refractivity contribution in [2.24, 2.45) is 16.8 Å². The molecule has 1 amide bonds. The fourth-order valence-corrected chi connectivity index (χ4v) is 2.48. The zero-order valence-electron chi connectivity index (χ0n) is 11.4. The maximum absolute atomic E-state index is 12.4. The van der Waals surface area contributed by atoms with Gasteiger partial charge in [0, 0.05) is 19.0 Å².